The maximum atomic E-state index is 12.8. The Hall–Kier alpha value is -3.96. The van der Waals surface area contributed by atoms with Gasteiger partial charge in [0.05, 0.1) is 29.5 Å². The van der Waals surface area contributed by atoms with Crippen molar-refractivity contribution in [1.29, 1.82) is 0 Å². The van der Waals surface area contributed by atoms with E-state index >= 15 is 0 Å². The Bertz CT molecular complexity index is 2000. The summed E-state index contributed by atoms with van der Waals surface area (Å²) in [5.41, 5.74) is 5.46. The van der Waals surface area contributed by atoms with Crippen LogP contribution in [0.25, 0.3) is 5.69 Å². The number of aryl methyl sites for hydroxylation is 1. The molecule has 0 radical (unpaired) electrons. The Kier molecular flexibility index (Phi) is 11.7. The molecule has 0 amide bonds. The van der Waals surface area contributed by atoms with Gasteiger partial charge in [0.2, 0.25) is 5.79 Å². The van der Waals surface area contributed by atoms with Crippen LogP contribution >= 0.6 is 23.2 Å². The van der Waals surface area contributed by atoms with Gasteiger partial charge in [-0.15, -0.1) is 0 Å². The van der Waals surface area contributed by atoms with E-state index in [2.05, 4.69) is 70.3 Å². The molecular formula is C41H49Cl2N7O3. The molecule has 5 aromatic rings. The third-order valence-electron chi connectivity index (χ3n) is 10.8. The van der Waals surface area contributed by atoms with Gasteiger partial charge in [-0.1, -0.05) is 67.4 Å². The van der Waals surface area contributed by atoms with Gasteiger partial charge in [-0.2, -0.15) is 10.2 Å². The number of unbranched alkanes of at least 4 members (excludes halogenated alkanes) is 1. The predicted octanol–water partition coefficient (Wildman–Crippen LogP) is 8.60. The summed E-state index contributed by atoms with van der Waals surface area (Å²) in [4.78, 5) is 19.4. The van der Waals surface area contributed by atoms with Gasteiger partial charge in [-0.05, 0) is 111 Å². The highest BCUT2D eigenvalue weighted by atomic mass is 35.5. The molecular weight excluding hydrogens is 709 g/mol. The summed E-state index contributed by atoms with van der Waals surface area (Å²) in [7, 11) is 0. The molecule has 5 atom stereocenters. The highest BCUT2D eigenvalue weighted by Crippen LogP contribution is 2.52. The minimum absolute atomic E-state index is 0.0540. The van der Waals surface area contributed by atoms with Crippen LogP contribution in [0.5, 0.6) is 0 Å². The van der Waals surface area contributed by atoms with Gasteiger partial charge in [0.15, 0.2) is 0 Å². The zero-order valence-electron chi connectivity index (χ0n) is 30.8. The van der Waals surface area contributed by atoms with Crippen LogP contribution in [-0.2, 0) is 28.2 Å². The molecule has 2 aromatic heterocycles. The van der Waals surface area contributed by atoms with Crippen LogP contribution in [0.1, 0.15) is 87.9 Å². The lowest BCUT2D eigenvalue weighted by molar-refractivity contribution is -0.189. The Morgan fingerprint density at radius 1 is 0.981 bits per heavy atom. The summed E-state index contributed by atoms with van der Waals surface area (Å²) >= 11 is 12.9. The average molecular weight is 759 g/mol. The number of hydrogen-bond donors (Lipinski definition) is 0. The maximum absolute atomic E-state index is 12.8. The topological polar surface area (TPSA) is 92.2 Å². The Labute approximate surface area is 321 Å². The number of anilines is 1. The third kappa shape index (κ3) is 8.56. The lowest BCUT2D eigenvalue weighted by Gasteiger charge is -2.29. The molecule has 3 heterocycles. The fraction of sp³-hybridized carbons (Fsp3) is 0.463. The van der Waals surface area contributed by atoms with E-state index in [1.807, 2.05) is 31.2 Å². The van der Waals surface area contributed by atoms with Crippen molar-refractivity contribution in [2.75, 3.05) is 24.6 Å². The molecule has 1 aliphatic heterocycles. The number of nitrogens with zero attached hydrogens (tertiary/aromatic N) is 7. The number of rotatable bonds is 17. The van der Waals surface area contributed by atoms with Crippen molar-refractivity contribution in [2.24, 2.45) is 5.92 Å². The van der Waals surface area contributed by atoms with Crippen LogP contribution < -0.4 is 10.6 Å². The molecule has 7 rings (SSSR count). The third-order valence-corrected chi connectivity index (χ3v) is 11.3. The molecule has 3 unspecified atom stereocenters. The van der Waals surface area contributed by atoms with E-state index in [-0.39, 0.29) is 17.8 Å². The molecule has 0 bridgehead atoms. The SMILES string of the molecule is CCCN(CCCCc1ccc(-n2cnn(C(C)CC)c2=O)cc1)c1ccc(C2C[C@H]2CC2CO[C@](Cn3cncn3)(c3ccc(Cl)cc3Cl)O2)cc1. The smallest absolute Gasteiger partial charge is 0.350 e. The monoisotopic (exact) mass is 757 g/mol. The molecule has 1 saturated heterocycles. The minimum atomic E-state index is -1.06. The van der Waals surface area contributed by atoms with Gasteiger partial charge >= 0.3 is 5.69 Å². The van der Waals surface area contributed by atoms with Gasteiger partial charge in [-0.3, -0.25) is 0 Å². The van der Waals surface area contributed by atoms with Gasteiger partial charge in [0, 0.05) is 29.4 Å². The molecule has 2 fully saturated rings. The van der Waals surface area contributed by atoms with Crippen molar-refractivity contribution in [1.82, 2.24) is 29.1 Å². The van der Waals surface area contributed by atoms with Gasteiger partial charge in [0.25, 0.3) is 0 Å². The van der Waals surface area contributed by atoms with E-state index in [1.165, 1.54) is 23.1 Å². The van der Waals surface area contributed by atoms with Crippen molar-refractivity contribution in [3.05, 3.63) is 123 Å². The summed E-state index contributed by atoms with van der Waals surface area (Å²) in [5, 5.41) is 9.68. The Morgan fingerprint density at radius 3 is 2.51 bits per heavy atom. The van der Waals surface area contributed by atoms with Crippen LogP contribution in [0.4, 0.5) is 5.69 Å². The van der Waals surface area contributed by atoms with E-state index in [1.54, 1.807) is 32.7 Å². The fourth-order valence-electron chi connectivity index (χ4n) is 7.57. The van der Waals surface area contributed by atoms with Crippen molar-refractivity contribution in [3.63, 3.8) is 0 Å². The summed E-state index contributed by atoms with van der Waals surface area (Å²) in [6, 6.07) is 23.0. The number of benzene rings is 3. The highest BCUT2D eigenvalue weighted by molar-refractivity contribution is 6.35. The van der Waals surface area contributed by atoms with Gasteiger partial charge in [-0.25, -0.2) is 23.7 Å². The van der Waals surface area contributed by atoms with Crippen LogP contribution in [-0.4, -0.2) is 54.9 Å². The van der Waals surface area contributed by atoms with Crippen LogP contribution in [0.2, 0.25) is 10.0 Å². The lowest BCUT2D eigenvalue weighted by Crippen LogP contribution is -2.34. The number of halogens is 2. The average Bonchev–Trinajstić information content (AvgIpc) is 3.44. The zero-order chi connectivity index (χ0) is 37.0. The summed E-state index contributed by atoms with van der Waals surface area (Å²) < 4.78 is 18.0. The fourth-order valence-corrected chi connectivity index (χ4v) is 8.12. The van der Waals surface area contributed by atoms with Crippen LogP contribution in [0.3, 0.4) is 0 Å². The molecule has 12 heteroatoms. The van der Waals surface area contributed by atoms with E-state index in [4.69, 9.17) is 32.7 Å². The van der Waals surface area contributed by atoms with Gasteiger partial charge in [0.1, 0.15) is 25.5 Å². The van der Waals surface area contributed by atoms with Crippen LogP contribution in [0, 0.1) is 5.92 Å². The molecule has 53 heavy (non-hydrogen) atoms. The molecule has 3 aromatic carbocycles. The summed E-state index contributed by atoms with van der Waals surface area (Å²) in [6.45, 7) is 9.20. The summed E-state index contributed by atoms with van der Waals surface area (Å²) in [6.07, 6.45) is 12.0. The van der Waals surface area contributed by atoms with E-state index < -0.39 is 5.79 Å². The highest BCUT2D eigenvalue weighted by Gasteiger charge is 2.48. The Morgan fingerprint density at radius 2 is 1.79 bits per heavy atom. The molecule has 0 spiro atoms. The number of hydrogen-bond acceptors (Lipinski definition) is 7. The molecule has 1 aliphatic carbocycles. The molecule has 280 valence electrons. The van der Waals surface area contributed by atoms with Crippen LogP contribution in [0.15, 0.2) is 90.5 Å². The molecule has 2 aliphatic rings. The quantitative estimate of drug-likeness (QED) is 0.0878. The van der Waals surface area contributed by atoms with Crippen molar-refractivity contribution in [3.8, 4) is 5.69 Å². The van der Waals surface area contributed by atoms with Crippen molar-refractivity contribution >= 4 is 28.9 Å². The lowest BCUT2D eigenvalue weighted by atomic mass is 10.0. The van der Waals surface area contributed by atoms with E-state index in [0.29, 0.717) is 35.0 Å². The second kappa shape index (κ2) is 16.6. The first-order valence-electron chi connectivity index (χ1n) is 19.0. The normalized spacial score (nSPS) is 21.6. The standard InChI is InChI=1S/C41H49Cl2N7O3/c1-4-19-47(20-7-6-8-30-9-14-35(15-10-30)49-28-46-50(40(49)51)29(3)5-2)34-16-11-31(12-17-34)37-22-32(37)21-36-24-52-41(53-36,25-48-27-44-26-45-48)38-18-13-33(42)23-39(38)43/h9-18,23,26-29,32,36-37H,4-8,19-22,24-25H2,1-3H3/t29?,32-,36?,37?,41+/m1/s1. The first-order chi connectivity index (χ1) is 25.8. The second-order valence-electron chi connectivity index (χ2n) is 14.5. The Balaban J connectivity index is 0.900. The van der Waals surface area contributed by atoms with Crippen molar-refractivity contribution < 1.29 is 9.47 Å². The largest absolute Gasteiger partial charge is 0.372 e. The van der Waals surface area contributed by atoms with Gasteiger partial charge < -0.3 is 14.4 Å². The summed E-state index contributed by atoms with van der Waals surface area (Å²) in [5.74, 6) is 0.0133. The first-order valence-corrected chi connectivity index (χ1v) is 19.7. The van der Waals surface area contributed by atoms with Crippen molar-refractivity contribution in [2.45, 2.75) is 96.1 Å². The number of ether oxygens (including phenoxy) is 2. The number of aromatic nitrogens is 6. The van der Waals surface area contributed by atoms with E-state index in [0.717, 1.165) is 69.3 Å². The minimum Gasteiger partial charge on any atom is -0.372 e. The molecule has 0 N–H and O–H groups in total. The van der Waals surface area contributed by atoms with E-state index in [9.17, 15) is 4.79 Å². The first kappa shape index (κ1) is 37.4. The second-order valence-corrected chi connectivity index (χ2v) is 15.4. The zero-order valence-corrected chi connectivity index (χ0v) is 32.3. The molecule has 1 saturated carbocycles. The molecule has 10 nitrogen and oxygen atoms in total. The maximum Gasteiger partial charge on any atom is 0.350 e. The predicted molar refractivity (Wildman–Crippen MR) is 209 cm³/mol.